The molecule has 1 aromatic carbocycles. The third-order valence-corrected chi connectivity index (χ3v) is 5.70. The van der Waals surface area contributed by atoms with Gasteiger partial charge in [-0.2, -0.15) is 0 Å². The van der Waals surface area contributed by atoms with Gasteiger partial charge in [0.15, 0.2) is 0 Å². The van der Waals surface area contributed by atoms with Gasteiger partial charge in [-0.3, -0.25) is 0 Å². The maximum absolute atomic E-state index is 6.16. The van der Waals surface area contributed by atoms with E-state index >= 15 is 0 Å². The fraction of sp³-hybridized carbons (Fsp3) is 0.281. The molecule has 9 heteroatoms. The van der Waals surface area contributed by atoms with E-state index in [0.717, 1.165) is 17.9 Å². The van der Waals surface area contributed by atoms with Crippen LogP contribution in [0.2, 0.25) is 0 Å². The van der Waals surface area contributed by atoms with Crippen molar-refractivity contribution in [3.05, 3.63) is 117 Å². The summed E-state index contributed by atoms with van der Waals surface area (Å²) >= 11 is 12.2. The maximum Gasteiger partial charge on any atom is 0.147 e. The molecule has 1 N–H and O–H groups in total. The number of allylic oxidation sites excluding steroid dienone is 7. The fourth-order valence-corrected chi connectivity index (χ4v) is 3.71. The molecule has 41 heavy (non-hydrogen) atoms. The molecule has 0 aliphatic rings. The fourth-order valence-electron chi connectivity index (χ4n) is 3.53. The average Bonchev–Trinajstić information content (AvgIpc) is 3.40. The van der Waals surface area contributed by atoms with Crippen LogP contribution in [0.4, 0.5) is 5.82 Å². The molecule has 0 amide bonds. The van der Waals surface area contributed by atoms with Gasteiger partial charge in [-0.1, -0.05) is 67.4 Å². The molecule has 0 bridgehead atoms. The number of hydrogen-bond donors (Lipinski definition) is 1. The summed E-state index contributed by atoms with van der Waals surface area (Å²) in [7, 11) is 1.61. The number of anilines is 1. The lowest BCUT2D eigenvalue weighted by Gasteiger charge is -2.13. The number of rotatable bonds is 12. The Morgan fingerprint density at radius 1 is 0.927 bits per heavy atom. The van der Waals surface area contributed by atoms with Crippen molar-refractivity contribution in [3.8, 4) is 0 Å². The van der Waals surface area contributed by atoms with Crippen molar-refractivity contribution in [1.29, 1.82) is 0 Å². The molecule has 3 rings (SSSR count). The van der Waals surface area contributed by atoms with Gasteiger partial charge >= 0.3 is 0 Å². The van der Waals surface area contributed by atoms with Crippen molar-refractivity contribution in [2.24, 2.45) is 0 Å². The predicted molar refractivity (Wildman–Crippen MR) is 171 cm³/mol. The van der Waals surface area contributed by atoms with E-state index in [4.69, 9.17) is 32.7 Å². The molecule has 218 valence electrons. The second kappa shape index (κ2) is 17.8. The van der Waals surface area contributed by atoms with Gasteiger partial charge in [0, 0.05) is 46.3 Å². The number of hydrogen-bond acceptors (Lipinski definition) is 6. The van der Waals surface area contributed by atoms with Gasteiger partial charge < -0.3 is 19.4 Å². The molecule has 2 aromatic heterocycles. The molecule has 0 atom stereocenters. The van der Waals surface area contributed by atoms with Crippen molar-refractivity contribution in [2.75, 3.05) is 12.4 Å². The minimum atomic E-state index is 0.317. The van der Waals surface area contributed by atoms with E-state index in [-0.39, 0.29) is 0 Å². The molecule has 3 aromatic rings. The molecule has 0 fully saturated rings. The van der Waals surface area contributed by atoms with Gasteiger partial charge in [-0.05, 0) is 57.6 Å². The number of aromatic nitrogens is 4. The van der Waals surface area contributed by atoms with E-state index in [2.05, 4.69) is 37.0 Å². The van der Waals surface area contributed by atoms with E-state index in [1.807, 2.05) is 70.3 Å². The zero-order chi connectivity index (χ0) is 30.2. The molecule has 0 saturated carbocycles. The monoisotopic (exact) mass is 595 g/mol. The van der Waals surface area contributed by atoms with Gasteiger partial charge in [0.1, 0.15) is 24.6 Å². The number of methoxy groups -OCH3 is 1. The van der Waals surface area contributed by atoms with Crippen LogP contribution in [0.1, 0.15) is 64.2 Å². The Hall–Kier alpha value is -3.81. The quantitative estimate of drug-likeness (QED) is 0.166. The zero-order valence-corrected chi connectivity index (χ0v) is 26.3. The Balaban J connectivity index is 0.00000287. The first-order valence-electron chi connectivity index (χ1n) is 13.3. The second-order valence-electron chi connectivity index (χ2n) is 8.71. The summed E-state index contributed by atoms with van der Waals surface area (Å²) in [4.78, 5) is 13.5. The largest absolute Gasteiger partial charge is 0.501 e. The average molecular weight is 597 g/mol. The molecule has 0 unspecified atom stereocenters. The van der Waals surface area contributed by atoms with Crippen LogP contribution in [0.3, 0.4) is 0 Å². The first kappa shape index (κ1) is 33.4. The van der Waals surface area contributed by atoms with Gasteiger partial charge in [-0.25, -0.2) is 15.0 Å². The summed E-state index contributed by atoms with van der Waals surface area (Å²) in [6.45, 7) is 12.4. The van der Waals surface area contributed by atoms with Crippen LogP contribution < -0.4 is 5.32 Å². The zero-order valence-electron chi connectivity index (χ0n) is 24.8. The minimum Gasteiger partial charge on any atom is -0.501 e. The normalized spacial score (nSPS) is 13.0. The Bertz CT molecular complexity index is 1400. The maximum atomic E-state index is 6.16. The first-order chi connectivity index (χ1) is 19.7. The molecule has 0 radical (unpaired) electrons. The number of nitrogens with one attached hydrogen (secondary N) is 1. The van der Waals surface area contributed by atoms with Crippen LogP contribution in [-0.4, -0.2) is 26.6 Å². The summed E-state index contributed by atoms with van der Waals surface area (Å²) in [6, 6.07) is 10.2. The number of nitrogens with zero attached hydrogens (tertiary/aromatic N) is 4. The molecule has 7 nitrogen and oxygen atoms in total. The summed E-state index contributed by atoms with van der Waals surface area (Å²) < 4.78 is 13.6. The summed E-state index contributed by atoms with van der Waals surface area (Å²) in [5, 5.41) is 4.56. The number of imidazole rings is 1. The topological polar surface area (TPSA) is 74.1 Å². The standard InChI is InChI=1S/C30H33Cl2N5O2.C2H6/c1-21(31)11-12-26(15-22(2)32)36-30-27(16-23(3)38-5)28(34-20-35-30)17-24(4)39-19-29-33-13-14-37(29)18-25-9-7-6-8-10-25;1-2/h6-17,20H,18-19H2,1-5H3,(H,34,35,36);1-2H3/b21-11+,22-15+,23-16+,24-17+,26-12+;. The van der Waals surface area contributed by atoms with Crippen LogP contribution in [0.15, 0.2) is 94.6 Å². The lowest BCUT2D eigenvalue weighted by atomic mass is 10.1. The predicted octanol–water partition coefficient (Wildman–Crippen LogP) is 8.91. The van der Waals surface area contributed by atoms with E-state index in [9.17, 15) is 0 Å². The van der Waals surface area contributed by atoms with Gasteiger partial charge in [-0.15, -0.1) is 0 Å². The highest BCUT2D eigenvalue weighted by Gasteiger charge is 2.12. The smallest absolute Gasteiger partial charge is 0.147 e. The Kier molecular flexibility index (Phi) is 14.5. The molecule has 0 saturated heterocycles. The van der Waals surface area contributed by atoms with E-state index < -0.39 is 0 Å². The summed E-state index contributed by atoms with van der Waals surface area (Å²) in [5.74, 6) is 2.76. The van der Waals surface area contributed by atoms with Crippen molar-refractivity contribution in [3.63, 3.8) is 0 Å². The lowest BCUT2D eigenvalue weighted by Crippen LogP contribution is -2.06. The number of ether oxygens (including phenoxy) is 2. The molecule has 0 aliphatic carbocycles. The summed E-state index contributed by atoms with van der Waals surface area (Å²) in [5.41, 5.74) is 3.28. The van der Waals surface area contributed by atoms with Crippen molar-refractivity contribution < 1.29 is 9.47 Å². The van der Waals surface area contributed by atoms with E-state index in [1.165, 1.54) is 11.9 Å². The van der Waals surface area contributed by atoms with Crippen molar-refractivity contribution in [2.45, 2.75) is 54.7 Å². The van der Waals surface area contributed by atoms with Crippen LogP contribution in [-0.2, 0) is 22.6 Å². The Morgan fingerprint density at radius 2 is 1.66 bits per heavy atom. The first-order valence-corrected chi connectivity index (χ1v) is 14.1. The Labute approximate surface area is 253 Å². The highest BCUT2D eigenvalue weighted by atomic mass is 35.5. The molecule has 0 spiro atoms. The van der Waals surface area contributed by atoms with Crippen LogP contribution in [0.5, 0.6) is 0 Å². The van der Waals surface area contributed by atoms with Crippen LogP contribution in [0.25, 0.3) is 12.2 Å². The van der Waals surface area contributed by atoms with Crippen LogP contribution >= 0.6 is 23.2 Å². The SMILES string of the molecule is CC.CO/C(C)=C/c1c(/C=C(\C)OCc2nccn2Cc2ccccc2)ncnc1NC(/C=C(\C)Cl)=C/C=C(\C)Cl. The highest BCUT2D eigenvalue weighted by Crippen LogP contribution is 2.24. The second-order valence-corrected chi connectivity index (χ2v) is 9.90. The van der Waals surface area contributed by atoms with Crippen molar-refractivity contribution >= 4 is 41.2 Å². The van der Waals surface area contributed by atoms with E-state index in [1.54, 1.807) is 39.3 Å². The summed E-state index contributed by atoms with van der Waals surface area (Å²) in [6.07, 6.45) is 14.3. The van der Waals surface area contributed by atoms with E-state index in [0.29, 0.717) is 45.4 Å². The third-order valence-electron chi connectivity index (χ3n) is 5.46. The molecular weight excluding hydrogens is 557 g/mol. The molecule has 0 aliphatic heterocycles. The Morgan fingerprint density at radius 3 is 2.32 bits per heavy atom. The van der Waals surface area contributed by atoms with Gasteiger partial charge in [0.2, 0.25) is 0 Å². The lowest BCUT2D eigenvalue weighted by molar-refractivity contribution is 0.193. The van der Waals surface area contributed by atoms with Crippen molar-refractivity contribution in [1.82, 2.24) is 19.5 Å². The van der Waals surface area contributed by atoms with Gasteiger partial charge in [0.25, 0.3) is 0 Å². The van der Waals surface area contributed by atoms with Gasteiger partial charge in [0.05, 0.1) is 24.3 Å². The molecule has 2 heterocycles. The number of halogens is 2. The molecular formula is C32H39Cl2N5O2. The minimum absolute atomic E-state index is 0.317. The number of benzene rings is 1. The highest BCUT2D eigenvalue weighted by molar-refractivity contribution is 6.29. The van der Waals surface area contributed by atoms with Crippen LogP contribution in [0, 0.1) is 0 Å². The third kappa shape index (κ3) is 11.7.